The molecular formula is C58H107NO5. The number of unbranched alkanes of at least 4 members (excludes halogenated alkanes) is 34. The molecule has 2 unspecified atom stereocenters. The molecule has 0 heterocycles. The van der Waals surface area contributed by atoms with Crippen LogP contribution in [-0.4, -0.2) is 47.4 Å². The van der Waals surface area contributed by atoms with E-state index >= 15 is 0 Å². The fraction of sp³-hybridized carbons (Fsp3) is 0.828. The number of rotatable bonds is 51. The van der Waals surface area contributed by atoms with Gasteiger partial charge in [0.25, 0.3) is 0 Å². The molecule has 0 aromatic carbocycles. The number of carbonyl (C=O) groups excluding carboxylic acids is 2. The Balaban J connectivity index is 3.56. The van der Waals surface area contributed by atoms with Crippen LogP contribution in [0.5, 0.6) is 0 Å². The van der Waals surface area contributed by atoms with Gasteiger partial charge < -0.3 is 20.3 Å². The molecular weight excluding hydrogens is 791 g/mol. The summed E-state index contributed by atoms with van der Waals surface area (Å²) >= 11 is 0. The number of hydrogen-bond acceptors (Lipinski definition) is 5. The number of amides is 1. The highest BCUT2D eigenvalue weighted by atomic mass is 16.5. The van der Waals surface area contributed by atoms with Gasteiger partial charge in [0, 0.05) is 12.8 Å². The Morgan fingerprint density at radius 2 is 0.781 bits per heavy atom. The van der Waals surface area contributed by atoms with Crippen molar-refractivity contribution in [1.82, 2.24) is 5.32 Å². The molecule has 64 heavy (non-hydrogen) atoms. The van der Waals surface area contributed by atoms with E-state index in [2.05, 4.69) is 55.6 Å². The van der Waals surface area contributed by atoms with E-state index in [1.807, 2.05) is 6.08 Å². The SMILES string of the molecule is CCCCC/C=C\C/C=C\CCCCCCCC(=O)OCCCCC/C=C\CCCCCCCC(=O)NC(CO)C(O)/C=C/CCCCCCCCCCCCCCCCCCCC. The number of esters is 1. The summed E-state index contributed by atoms with van der Waals surface area (Å²) in [6, 6.07) is -0.649. The summed E-state index contributed by atoms with van der Waals surface area (Å²) in [5, 5.41) is 23.1. The zero-order valence-electron chi connectivity index (χ0n) is 42.5. The van der Waals surface area contributed by atoms with Gasteiger partial charge in [-0.1, -0.05) is 223 Å². The van der Waals surface area contributed by atoms with Gasteiger partial charge in [-0.25, -0.2) is 0 Å². The molecule has 0 aromatic heterocycles. The van der Waals surface area contributed by atoms with Crippen LogP contribution in [0, 0.1) is 0 Å². The van der Waals surface area contributed by atoms with Crippen LogP contribution in [0.1, 0.15) is 284 Å². The van der Waals surface area contributed by atoms with Crippen molar-refractivity contribution in [2.45, 2.75) is 296 Å². The van der Waals surface area contributed by atoms with Crippen LogP contribution in [0.25, 0.3) is 0 Å². The van der Waals surface area contributed by atoms with E-state index in [1.54, 1.807) is 6.08 Å². The Hall–Kier alpha value is -2.18. The van der Waals surface area contributed by atoms with Crippen molar-refractivity contribution < 1.29 is 24.5 Å². The fourth-order valence-corrected chi connectivity index (χ4v) is 8.25. The van der Waals surface area contributed by atoms with Crippen molar-refractivity contribution in [2.24, 2.45) is 0 Å². The molecule has 0 saturated carbocycles. The highest BCUT2D eigenvalue weighted by molar-refractivity contribution is 5.76. The van der Waals surface area contributed by atoms with E-state index in [0.29, 0.717) is 19.4 Å². The number of allylic oxidation sites excluding steroid dienone is 7. The lowest BCUT2D eigenvalue weighted by molar-refractivity contribution is -0.143. The van der Waals surface area contributed by atoms with Crippen LogP contribution in [0.4, 0.5) is 0 Å². The third kappa shape index (κ3) is 49.3. The standard InChI is InChI=1S/C58H107NO5/c1-3-5-7-9-11-13-15-17-19-20-21-22-23-25-26-30-34-38-42-46-50-56(61)55(54-60)59-57(62)51-47-43-39-35-31-28-29-33-37-41-45-49-53-64-58(63)52-48-44-40-36-32-27-24-18-16-14-12-10-8-6-4-2/h12,14,18,24,29,33,46,50,55-56,60-61H,3-11,13,15-17,19-23,25-28,30-32,34-45,47-49,51-54H2,1-2H3,(H,59,62)/b14-12-,24-18-,33-29-,50-46+. The average Bonchev–Trinajstić information content (AvgIpc) is 3.29. The van der Waals surface area contributed by atoms with E-state index in [0.717, 1.165) is 103 Å². The monoisotopic (exact) mass is 898 g/mol. The lowest BCUT2D eigenvalue weighted by Crippen LogP contribution is -2.45. The zero-order chi connectivity index (χ0) is 46.5. The van der Waals surface area contributed by atoms with Gasteiger partial charge in [0.15, 0.2) is 0 Å². The molecule has 3 N–H and O–H groups in total. The minimum atomic E-state index is -0.863. The van der Waals surface area contributed by atoms with Crippen LogP contribution in [0.3, 0.4) is 0 Å². The van der Waals surface area contributed by atoms with Gasteiger partial charge in [-0.05, 0) is 96.3 Å². The van der Waals surface area contributed by atoms with Gasteiger partial charge >= 0.3 is 5.97 Å². The average molecular weight is 898 g/mol. The fourth-order valence-electron chi connectivity index (χ4n) is 8.25. The summed E-state index contributed by atoms with van der Waals surface area (Å²) in [4.78, 5) is 24.5. The zero-order valence-corrected chi connectivity index (χ0v) is 42.5. The highest BCUT2D eigenvalue weighted by Gasteiger charge is 2.18. The summed E-state index contributed by atoms with van der Waals surface area (Å²) in [7, 11) is 0. The molecule has 0 spiro atoms. The normalized spacial score (nSPS) is 13.0. The molecule has 0 aromatic rings. The first-order valence-electron chi connectivity index (χ1n) is 27.9. The number of ether oxygens (including phenoxy) is 1. The summed E-state index contributed by atoms with van der Waals surface area (Å²) < 4.78 is 5.44. The smallest absolute Gasteiger partial charge is 0.305 e. The second kappa shape index (κ2) is 53.4. The van der Waals surface area contributed by atoms with Crippen molar-refractivity contribution in [2.75, 3.05) is 13.2 Å². The maximum absolute atomic E-state index is 12.5. The van der Waals surface area contributed by atoms with Crippen LogP contribution < -0.4 is 5.32 Å². The van der Waals surface area contributed by atoms with Crippen molar-refractivity contribution in [3.8, 4) is 0 Å². The molecule has 0 aliphatic carbocycles. The van der Waals surface area contributed by atoms with Crippen molar-refractivity contribution >= 4 is 11.9 Å². The van der Waals surface area contributed by atoms with Crippen LogP contribution in [-0.2, 0) is 14.3 Å². The predicted octanol–water partition coefficient (Wildman–Crippen LogP) is 17.0. The predicted molar refractivity (Wildman–Crippen MR) is 278 cm³/mol. The quantitative estimate of drug-likeness (QED) is 0.0321. The molecule has 0 rings (SSSR count). The first kappa shape index (κ1) is 61.8. The number of carbonyl (C=O) groups is 2. The van der Waals surface area contributed by atoms with E-state index in [4.69, 9.17) is 4.74 Å². The van der Waals surface area contributed by atoms with Crippen LogP contribution in [0.15, 0.2) is 48.6 Å². The lowest BCUT2D eigenvalue weighted by atomic mass is 10.0. The van der Waals surface area contributed by atoms with Gasteiger partial charge in [0.1, 0.15) is 0 Å². The van der Waals surface area contributed by atoms with Gasteiger partial charge in [-0.2, -0.15) is 0 Å². The maximum atomic E-state index is 12.5. The minimum Gasteiger partial charge on any atom is -0.466 e. The summed E-state index contributed by atoms with van der Waals surface area (Å²) in [6.45, 7) is 4.81. The third-order valence-corrected chi connectivity index (χ3v) is 12.6. The molecule has 0 aliphatic heterocycles. The van der Waals surface area contributed by atoms with Gasteiger partial charge in [0.2, 0.25) is 5.91 Å². The number of hydrogen-bond donors (Lipinski definition) is 3. The number of aliphatic hydroxyl groups excluding tert-OH is 2. The van der Waals surface area contributed by atoms with Crippen molar-refractivity contribution in [3.63, 3.8) is 0 Å². The molecule has 6 nitrogen and oxygen atoms in total. The first-order chi connectivity index (χ1) is 31.5. The van der Waals surface area contributed by atoms with Crippen LogP contribution >= 0.6 is 0 Å². The van der Waals surface area contributed by atoms with Gasteiger partial charge in [-0.3, -0.25) is 9.59 Å². The molecule has 6 heteroatoms. The molecule has 374 valence electrons. The van der Waals surface area contributed by atoms with Crippen molar-refractivity contribution in [1.29, 1.82) is 0 Å². The Kier molecular flexibility index (Phi) is 51.6. The summed E-state index contributed by atoms with van der Waals surface area (Å²) in [5.74, 6) is -0.133. The molecule has 0 saturated heterocycles. The molecule has 0 aliphatic rings. The lowest BCUT2D eigenvalue weighted by Gasteiger charge is -2.20. The second-order valence-electron chi connectivity index (χ2n) is 18.9. The van der Waals surface area contributed by atoms with E-state index in [-0.39, 0.29) is 18.5 Å². The minimum absolute atomic E-state index is 0.0387. The van der Waals surface area contributed by atoms with Gasteiger partial charge in [-0.15, -0.1) is 0 Å². The summed E-state index contributed by atoms with van der Waals surface area (Å²) in [6.07, 6.45) is 66.9. The Morgan fingerprint density at radius 3 is 1.23 bits per heavy atom. The summed E-state index contributed by atoms with van der Waals surface area (Å²) in [5.41, 5.74) is 0. The Morgan fingerprint density at radius 1 is 0.438 bits per heavy atom. The molecule has 0 fully saturated rings. The Bertz CT molecular complexity index is 1080. The topological polar surface area (TPSA) is 95.9 Å². The second-order valence-corrected chi connectivity index (χ2v) is 18.9. The third-order valence-electron chi connectivity index (χ3n) is 12.6. The maximum Gasteiger partial charge on any atom is 0.305 e. The molecule has 0 radical (unpaired) electrons. The number of aliphatic hydroxyl groups is 2. The number of nitrogens with one attached hydrogen (secondary N) is 1. The highest BCUT2D eigenvalue weighted by Crippen LogP contribution is 2.16. The molecule has 0 bridgehead atoms. The molecule has 1 amide bonds. The first-order valence-corrected chi connectivity index (χ1v) is 27.9. The van der Waals surface area contributed by atoms with Crippen molar-refractivity contribution in [3.05, 3.63) is 48.6 Å². The van der Waals surface area contributed by atoms with E-state index < -0.39 is 12.1 Å². The van der Waals surface area contributed by atoms with E-state index in [1.165, 1.54) is 154 Å². The Labute approximate surface area is 397 Å². The molecule has 2 atom stereocenters. The van der Waals surface area contributed by atoms with Gasteiger partial charge in [0.05, 0.1) is 25.4 Å². The van der Waals surface area contributed by atoms with E-state index in [9.17, 15) is 19.8 Å². The largest absolute Gasteiger partial charge is 0.466 e. The van der Waals surface area contributed by atoms with Crippen LogP contribution in [0.2, 0.25) is 0 Å².